The normalized spacial score (nSPS) is 14.7. The van der Waals surface area contributed by atoms with Crippen LogP contribution < -0.4 is 16.0 Å². The van der Waals surface area contributed by atoms with Crippen LogP contribution >= 0.6 is 23.1 Å². The van der Waals surface area contributed by atoms with Crippen LogP contribution in [0.5, 0.6) is 0 Å². The molecule has 0 atom stereocenters. The molecule has 0 bridgehead atoms. The van der Waals surface area contributed by atoms with E-state index in [1.54, 1.807) is 11.8 Å². The molecule has 0 radical (unpaired) electrons. The second-order valence-electron chi connectivity index (χ2n) is 4.77. The summed E-state index contributed by atoms with van der Waals surface area (Å²) >= 11 is 3.00. The molecule has 1 aromatic heterocycles. The molecule has 1 saturated heterocycles. The van der Waals surface area contributed by atoms with E-state index in [4.69, 9.17) is 12.2 Å². The van der Waals surface area contributed by atoms with Crippen molar-refractivity contribution >= 4 is 40.0 Å². The Labute approximate surface area is 133 Å². The highest BCUT2D eigenvalue weighted by Gasteiger charge is 2.20. The lowest BCUT2D eigenvalue weighted by atomic mass is 10.1. The first-order chi connectivity index (χ1) is 10.2. The van der Waals surface area contributed by atoms with Crippen molar-refractivity contribution < 1.29 is 4.79 Å². The molecular weight excluding hydrogens is 304 g/mol. The highest BCUT2D eigenvalue weighted by Crippen LogP contribution is 2.29. The number of piperidine rings is 1. The summed E-state index contributed by atoms with van der Waals surface area (Å²) in [6.45, 7) is 2.58. The topological polar surface area (TPSA) is 71.2 Å². The van der Waals surface area contributed by atoms with Crippen molar-refractivity contribution in [3.8, 4) is 12.3 Å². The largest absolute Gasteiger partial charge is 0.382 e. The Morgan fingerprint density at radius 3 is 2.95 bits per heavy atom. The van der Waals surface area contributed by atoms with Gasteiger partial charge in [-0.15, -0.1) is 18.2 Å². The highest BCUT2D eigenvalue weighted by atomic mass is 32.2. The van der Waals surface area contributed by atoms with Crippen molar-refractivity contribution in [2.24, 2.45) is 0 Å². The Balaban J connectivity index is 1.89. The highest BCUT2D eigenvalue weighted by molar-refractivity contribution is 7.99. The van der Waals surface area contributed by atoms with E-state index in [0.29, 0.717) is 23.0 Å². The fraction of sp³-hybridized carbons (Fsp3) is 0.571. The number of carbonyl (C=O) groups is 1. The summed E-state index contributed by atoms with van der Waals surface area (Å²) in [6, 6.07) is 0. The molecule has 114 valence electrons. The van der Waals surface area contributed by atoms with Gasteiger partial charge in [-0.1, -0.05) is 17.3 Å². The van der Waals surface area contributed by atoms with E-state index in [1.807, 2.05) is 0 Å². The number of nitrogens with two attached hydrogens (primary N) is 1. The van der Waals surface area contributed by atoms with Gasteiger partial charge in [0.1, 0.15) is 10.7 Å². The van der Waals surface area contributed by atoms with Crippen LogP contribution in [-0.2, 0) is 0 Å². The minimum Gasteiger partial charge on any atom is -0.382 e. The van der Waals surface area contributed by atoms with Gasteiger partial charge < -0.3 is 16.0 Å². The van der Waals surface area contributed by atoms with Crippen LogP contribution in [-0.4, -0.2) is 42.0 Å². The molecule has 3 N–H and O–H groups in total. The molecule has 2 rings (SSSR count). The summed E-state index contributed by atoms with van der Waals surface area (Å²) in [5.41, 5.74) is 5.88. The lowest BCUT2D eigenvalue weighted by molar-refractivity contribution is 0.0961. The van der Waals surface area contributed by atoms with Crippen LogP contribution in [0.1, 0.15) is 28.9 Å². The Morgan fingerprint density at radius 1 is 1.48 bits per heavy atom. The number of nitrogens with zero attached hydrogens (tertiary/aromatic N) is 2. The van der Waals surface area contributed by atoms with Crippen LogP contribution in [0.4, 0.5) is 10.9 Å². The van der Waals surface area contributed by atoms with E-state index < -0.39 is 0 Å². The zero-order chi connectivity index (χ0) is 15.1. The van der Waals surface area contributed by atoms with Gasteiger partial charge in [-0.3, -0.25) is 4.79 Å². The first-order valence-electron chi connectivity index (χ1n) is 7.03. The molecule has 0 saturated carbocycles. The van der Waals surface area contributed by atoms with Crippen molar-refractivity contribution in [3.63, 3.8) is 0 Å². The number of hydrogen-bond acceptors (Lipinski definition) is 6. The van der Waals surface area contributed by atoms with Crippen LogP contribution in [0.15, 0.2) is 0 Å². The molecule has 1 aromatic rings. The zero-order valence-corrected chi connectivity index (χ0v) is 13.6. The van der Waals surface area contributed by atoms with E-state index in [0.717, 1.165) is 24.0 Å². The summed E-state index contributed by atoms with van der Waals surface area (Å²) in [5, 5.41) is 3.72. The molecule has 5 nitrogen and oxygen atoms in total. The zero-order valence-electron chi connectivity index (χ0n) is 11.9. The van der Waals surface area contributed by atoms with Crippen LogP contribution in [0.25, 0.3) is 0 Å². The molecule has 1 amide bonds. The molecule has 0 spiro atoms. The maximum absolute atomic E-state index is 12.1. The first kappa shape index (κ1) is 16.0. The Bertz CT molecular complexity index is 518. The second kappa shape index (κ2) is 8.15. The van der Waals surface area contributed by atoms with Gasteiger partial charge in [0.25, 0.3) is 5.91 Å². The predicted molar refractivity (Wildman–Crippen MR) is 91.1 cm³/mol. The lowest BCUT2D eigenvalue weighted by Crippen LogP contribution is -2.29. The molecule has 7 heteroatoms. The molecule has 0 unspecified atom stereocenters. The van der Waals surface area contributed by atoms with E-state index in [2.05, 4.69) is 21.1 Å². The van der Waals surface area contributed by atoms with Crippen molar-refractivity contribution in [2.75, 3.05) is 41.8 Å². The number of thiazole rings is 1. The SMILES string of the molecule is C#CCSCCNC(=O)c1sc(N2CCCCC2)nc1N. The van der Waals surface area contributed by atoms with Gasteiger partial charge in [0.05, 0.1) is 5.75 Å². The number of amides is 1. The molecular formula is C14H20N4OS2. The smallest absolute Gasteiger partial charge is 0.265 e. The number of carbonyl (C=O) groups excluding carboxylic acids is 1. The third kappa shape index (κ3) is 4.55. The van der Waals surface area contributed by atoms with Gasteiger partial charge in [0, 0.05) is 25.4 Å². The van der Waals surface area contributed by atoms with Crippen molar-refractivity contribution in [2.45, 2.75) is 19.3 Å². The van der Waals surface area contributed by atoms with E-state index in [-0.39, 0.29) is 5.91 Å². The molecule has 21 heavy (non-hydrogen) atoms. The van der Waals surface area contributed by atoms with Crippen molar-refractivity contribution in [3.05, 3.63) is 4.88 Å². The Morgan fingerprint density at radius 2 is 2.24 bits per heavy atom. The molecule has 1 aliphatic heterocycles. The molecule has 0 aromatic carbocycles. The summed E-state index contributed by atoms with van der Waals surface area (Å²) in [6.07, 6.45) is 8.78. The monoisotopic (exact) mass is 324 g/mol. The summed E-state index contributed by atoms with van der Waals surface area (Å²) in [4.78, 5) is 19.2. The predicted octanol–water partition coefficient (Wildman–Crippen LogP) is 1.81. The fourth-order valence-corrected chi connectivity index (χ4v) is 3.61. The number of aromatic nitrogens is 1. The van der Waals surface area contributed by atoms with Gasteiger partial charge in [0.2, 0.25) is 0 Å². The Kier molecular flexibility index (Phi) is 6.21. The van der Waals surface area contributed by atoms with Gasteiger partial charge in [-0.25, -0.2) is 4.98 Å². The maximum Gasteiger partial charge on any atom is 0.265 e. The number of hydrogen-bond donors (Lipinski definition) is 2. The van der Waals surface area contributed by atoms with Gasteiger partial charge in [0.15, 0.2) is 5.13 Å². The molecule has 2 heterocycles. The number of rotatable bonds is 6. The van der Waals surface area contributed by atoms with Gasteiger partial charge in [-0.2, -0.15) is 0 Å². The summed E-state index contributed by atoms with van der Waals surface area (Å²) < 4.78 is 0. The van der Waals surface area contributed by atoms with Crippen LogP contribution in [0, 0.1) is 12.3 Å². The summed E-state index contributed by atoms with van der Waals surface area (Å²) in [5.74, 6) is 4.20. The van der Waals surface area contributed by atoms with Crippen molar-refractivity contribution in [1.82, 2.24) is 10.3 Å². The quantitative estimate of drug-likeness (QED) is 0.617. The number of terminal acetylenes is 1. The van der Waals surface area contributed by atoms with E-state index >= 15 is 0 Å². The fourth-order valence-electron chi connectivity index (χ4n) is 2.15. The van der Waals surface area contributed by atoms with E-state index in [1.165, 1.54) is 30.6 Å². The number of nitrogen functional groups attached to an aromatic ring is 1. The second-order valence-corrected chi connectivity index (χ2v) is 6.85. The van der Waals surface area contributed by atoms with Crippen LogP contribution in [0.2, 0.25) is 0 Å². The average Bonchev–Trinajstić information content (AvgIpc) is 2.90. The maximum atomic E-state index is 12.1. The summed E-state index contributed by atoms with van der Waals surface area (Å²) in [7, 11) is 0. The standard InChI is InChI=1S/C14H20N4OS2/c1-2-9-20-10-6-16-13(19)11-12(15)17-14(21-11)18-7-4-3-5-8-18/h1H,3-10,15H2,(H,16,19). The average molecular weight is 324 g/mol. The number of nitrogens with one attached hydrogen (secondary N) is 1. The minimum atomic E-state index is -0.144. The molecule has 1 aliphatic rings. The van der Waals surface area contributed by atoms with Crippen molar-refractivity contribution in [1.29, 1.82) is 0 Å². The molecule has 1 fully saturated rings. The third-order valence-corrected chi connectivity index (χ3v) is 5.19. The Hall–Kier alpha value is -1.39. The number of anilines is 2. The lowest BCUT2D eigenvalue weighted by Gasteiger charge is -2.25. The van der Waals surface area contributed by atoms with E-state index in [9.17, 15) is 4.79 Å². The van der Waals surface area contributed by atoms with Gasteiger partial charge >= 0.3 is 0 Å². The number of thioether (sulfide) groups is 1. The minimum absolute atomic E-state index is 0.144. The van der Waals surface area contributed by atoms with Gasteiger partial charge in [-0.05, 0) is 19.3 Å². The first-order valence-corrected chi connectivity index (χ1v) is 9.00. The third-order valence-electron chi connectivity index (χ3n) is 3.19. The molecule has 0 aliphatic carbocycles. The van der Waals surface area contributed by atoms with Crippen LogP contribution in [0.3, 0.4) is 0 Å².